The van der Waals surface area contributed by atoms with Gasteiger partial charge in [0.15, 0.2) is 5.65 Å². The number of rotatable bonds is 3. The lowest BCUT2D eigenvalue weighted by atomic mass is 10.1. The van der Waals surface area contributed by atoms with E-state index < -0.39 is 0 Å². The van der Waals surface area contributed by atoms with Crippen molar-refractivity contribution in [3.8, 4) is 23.0 Å². The highest BCUT2D eigenvalue weighted by Gasteiger charge is 2.17. The summed E-state index contributed by atoms with van der Waals surface area (Å²) in [7, 11) is 1.55. The van der Waals surface area contributed by atoms with Gasteiger partial charge in [0.2, 0.25) is 5.88 Å². The number of para-hydroxylation sites is 1. The van der Waals surface area contributed by atoms with Gasteiger partial charge in [-0.2, -0.15) is 5.10 Å². The molecule has 0 bridgehead atoms. The number of hydrogen-bond acceptors (Lipinski definition) is 5. The number of halogens is 1. The molecule has 0 aliphatic heterocycles. The van der Waals surface area contributed by atoms with E-state index in [9.17, 15) is 4.79 Å². The zero-order chi connectivity index (χ0) is 20.8. The van der Waals surface area contributed by atoms with Gasteiger partial charge in [-0.3, -0.25) is 4.79 Å². The molecule has 0 unspecified atom stereocenters. The van der Waals surface area contributed by atoms with Crippen molar-refractivity contribution < 1.29 is 4.74 Å². The molecule has 0 saturated carbocycles. The summed E-state index contributed by atoms with van der Waals surface area (Å²) >= 11 is 3.43. The monoisotopic (exact) mass is 461 g/mol. The lowest BCUT2D eigenvalue weighted by molar-refractivity contribution is 0.401. The minimum atomic E-state index is -0.273. The summed E-state index contributed by atoms with van der Waals surface area (Å²) in [6.45, 7) is 2.00. The number of aromatic nitrogens is 5. The number of pyridine rings is 1. The average Bonchev–Trinajstić information content (AvgIpc) is 3.18. The first-order valence-electron chi connectivity index (χ1n) is 9.24. The lowest BCUT2D eigenvalue weighted by Crippen LogP contribution is -2.11. The number of H-pyrrole nitrogens is 1. The van der Waals surface area contributed by atoms with E-state index in [1.54, 1.807) is 11.8 Å². The van der Waals surface area contributed by atoms with Gasteiger partial charge in [0.05, 0.1) is 30.1 Å². The van der Waals surface area contributed by atoms with Crippen LogP contribution >= 0.6 is 15.9 Å². The van der Waals surface area contributed by atoms with E-state index in [0.717, 1.165) is 26.6 Å². The predicted octanol–water partition coefficient (Wildman–Crippen LogP) is 4.40. The van der Waals surface area contributed by atoms with Crippen LogP contribution in [0.4, 0.5) is 0 Å². The molecule has 0 spiro atoms. The summed E-state index contributed by atoms with van der Waals surface area (Å²) in [5.74, 6) is 0.771. The Balaban J connectivity index is 1.76. The van der Waals surface area contributed by atoms with Gasteiger partial charge >= 0.3 is 0 Å². The van der Waals surface area contributed by atoms with Crippen LogP contribution < -0.4 is 10.3 Å². The van der Waals surface area contributed by atoms with E-state index >= 15 is 0 Å². The summed E-state index contributed by atoms with van der Waals surface area (Å²) in [4.78, 5) is 25.0. The first kappa shape index (κ1) is 18.5. The number of nitrogens with one attached hydrogen (secondary N) is 1. The van der Waals surface area contributed by atoms with Crippen LogP contribution in [0.2, 0.25) is 0 Å². The van der Waals surface area contributed by atoms with Crippen LogP contribution in [0.15, 0.2) is 64.0 Å². The fraction of sp³-hybridized carbons (Fsp3) is 0.0909. The number of aryl methyl sites for hydroxylation is 1. The molecule has 148 valence electrons. The Morgan fingerprint density at radius 2 is 1.90 bits per heavy atom. The third-order valence-electron chi connectivity index (χ3n) is 4.97. The maximum atomic E-state index is 12.8. The van der Waals surface area contributed by atoms with E-state index in [-0.39, 0.29) is 5.56 Å². The van der Waals surface area contributed by atoms with Crippen LogP contribution in [0.1, 0.15) is 5.56 Å². The maximum absolute atomic E-state index is 12.8. The first-order chi connectivity index (χ1) is 14.5. The second kappa shape index (κ2) is 7.07. The van der Waals surface area contributed by atoms with Crippen molar-refractivity contribution in [2.75, 3.05) is 7.11 Å². The third-order valence-corrected chi connectivity index (χ3v) is 5.50. The predicted molar refractivity (Wildman–Crippen MR) is 119 cm³/mol. The summed E-state index contributed by atoms with van der Waals surface area (Å²) in [6.07, 6.45) is 1.52. The molecule has 0 amide bonds. The fourth-order valence-corrected chi connectivity index (χ4v) is 3.74. The van der Waals surface area contributed by atoms with Crippen LogP contribution in [-0.4, -0.2) is 31.8 Å². The molecule has 30 heavy (non-hydrogen) atoms. The molecule has 3 heterocycles. The van der Waals surface area contributed by atoms with E-state index in [4.69, 9.17) is 9.72 Å². The van der Waals surface area contributed by atoms with Gasteiger partial charge in [-0.15, -0.1) is 0 Å². The normalized spacial score (nSPS) is 11.3. The molecule has 0 aliphatic rings. The van der Waals surface area contributed by atoms with E-state index in [2.05, 4.69) is 31.0 Å². The van der Waals surface area contributed by atoms with Crippen molar-refractivity contribution in [1.29, 1.82) is 0 Å². The molecule has 7 nitrogen and oxygen atoms in total. The lowest BCUT2D eigenvalue weighted by Gasteiger charge is -2.10. The Kier molecular flexibility index (Phi) is 4.36. The summed E-state index contributed by atoms with van der Waals surface area (Å²) in [5, 5.41) is 5.71. The number of fused-ring (bicyclic) bond motifs is 2. The molecular weight excluding hydrogens is 446 g/mol. The van der Waals surface area contributed by atoms with E-state index in [1.807, 2.05) is 55.5 Å². The molecule has 0 atom stereocenters. The van der Waals surface area contributed by atoms with Crippen molar-refractivity contribution in [2.45, 2.75) is 6.92 Å². The highest BCUT2D eigenvalue weighted by atomic mass is 79.9. The van der Waals surface area contributed by atoms with Crippen LogP contribution in [0.3, 0.4) is 0 Å². The van der Waals surface area contributed by atoms with Crippen molar-refractivity contribution in [2.24, 2.45) is 0 Å². The number of nitrogens with zero attached hydrogens (tertiary/aromatic N) is 4. The molecule has 0 saturated heterocycles. The van der Waals surface area contributed by atoms with Gasteiger partial charge in [0.25, 0.3) is 5.56 Å². The molecule has 8 heteroatoms. The molecule has 0 radical (unpaired) electrons. The molecule has 0 aliphatic carbocycles. The minimum absolute atomic E-state index is 0.273. The first-order valence-corrected chi connectivity index (χ1v) is 10.0. The molecule has 1 N–H and O–H groups in total. The second-order valence-corrected chi connectivity index (χ2v) is 7.79. The molecular formula is C22H16BrN5O2. The Bertz CT molecular complexity index is 1470. The van der Waals surface area contributed by atoms with E-state index in [1.165, 1.54) is 6.20 Å². The Morgan fingerprint density at radius 3 is 2.67 bits per heavy atom. The topological polar surface area (TPSA) is 85.7 Å². The number of hydrogen-bond donors (Lipinski definition) is 1. The largest absolute Gasteiger partial charge is 0.480 e. The van der Waals surface area contributed by atoms with Gasteiger partial charge in [-0.25, -0.2) is 14.6 Å². The Hall–Kier alpha value is -3.52. The van der Waals surface area contributed by atoms with Crippen molar-refractivity contribution in [3.05, 3.63) is 75.1 Å². The highest BCUT2D eigenvalue weighted by Crippen LogP contribution is 2.31. The standard InChI is InChI=1S/C22H16BrN5O2/c1-12-4-3-5-13-10-16(22(30-2)25-18(12)13)19-26-20-17(21(29)27-19)11-24-28(20)15-8-6-14(23)7-9-15/h3-11H,1-2H3,(H,26,27,29). The van der Waals surface area contributed by atoms with Crippen LogP contribution in [0.5, 0.6) is 5.88 Å². The van der Waals surface area contributed by atoms with Gasteiger partial charge < -0.3 is 9.72 Å². The van der Waals surface area contributed by atoms with Crippen molar-refractivity contribution in [3.63, 3.8) is 0 Å². The number of ether oxygens (including phenoxy) is 1. The zero-order valence-electron chi connectivity index (χ0n) is 16.2. The Labute approximate surface area is 179 Å². The van der Waals surface area contributed by atoms with E-state index in [0.29, 0.717) is 28.3 Å². The minimum Gasteiger partial charge on any atom is -0.480 e. The molecule has 2 aromatic carbocycles. The van der Waals surface area contributed by atoms with Gasteiger partial charge in [-0.1, -0.05) is 34.1 Å². The van der Waals surface area contributed by atoms with Crippen LogP contribution in [-0.2, 0) is 0 Å². The molecule has 5 rings (SSSR count). The number of aromatic amines is 1. The fourth-order valence-electron chi connectivity index (χ4n) is 3.47. The smallest absolute Gasteiger partial charge is 0.262 e. The summed E-state index contributed by atoms with van der Waals surface area (Å²) < 4.78 is 8.12. The molecule has 0 fully saturated rings. The molecule has 3 aromatic heterocycles. The highest BCUT2D eigenvalue weighted by molar-refractivity contribution is 9.10. The third kappa shape index (κ3) is 2.96. The van der Waals surface area contributed by atoms with Gasteiger partial charge in [0, 0.05) is 9.86 Å². The van der Waals surface area contributed by atoms with Crippen molar-refractivity contribution in [1.82, 2.24) is 24.7 Å². The van der Waals surface area contributed by atoms with Crippen LogP contribution in [0, 0.1) is 6.92 Å². The average molecular weight is 462 g/mol. The second-order valence-electron chi connectivity index (χ2n) is 6.88. The Morgan fingerprint density at radius 1 is 1.10 bits per heavy atom. The van der Waals surface area contributed by atoms with Gasteiger partial charge in [-0.05, 0) is 42.8 Å². The maximum Gasteiger partial charge on any atom is 0.262 e. The SMILES string of the molecule is COc1nc2c(C)cccc2cc1-c1nc2c(cnn2-c2ccc(Br)cc2)c(=O)[nH]1. The number of benzene rings is 2. The van der Waals surface area contributed by atoms with Crippen LogP contribution in [0.25, 0.3) is 39.0 Å². The molecule has 5 aromatic rings. The summed E-state index contributed by atoms with van der Waals surface area (Å²) in [6, 6.07) is 15.5. The summed E-state index contributed by atoms with van der Waals surface area (Å²) in [5.41, 5.74) is 3.49. The van der Waals surface area contributed by atoms with Crippen molar-refractivity contribution >= 4 is 37.9 Å². The number of methoxy groups -OCH3 is 1. The van der Waals surface area contributed by atoms with Gasteiger partial charge in [0.1, 0.15) is 11.2 Å². The quantitative estimate of drug-likeness (QED) is 0.430. The zero-order valence-corrected chi connectivity index (χ0v) is 17.8.